The molecule has 0 spiro atoms. The zero-order valence-electron chi connectivity index (χ0n) is 10.7. The van der Waals surface area contributed by atoms with Crippen molar-refractivity contribution >= 4 is 22.5 Å². The van der Waals surface area contributed by atoms with Gasteiger partial charge in [-0.05, 0) is 35.3 Å². The number of fused-ring (bicyclic) bond motifs is 3. The molecule has 0 aliphatic heterocycles. The maximum Gasteiger partial charge on any atom is 0.190 e. The molecular formula is C17H11NO2. The minimum absolute atomic E-state index is 0.00699. The Labute approximate surface area is 115 Å². The van der Waals surface area contributed by atoms with Crippen molar-refractivity contribution < 1.29 is 9.21 Å². The van der Waals surface area contributed by atoms with Crippen molar-refractivity contribution in [2.75, 3.05) is 0 Å². The van der Waals surface area contributed by atoms with E-state index in [9.17, 15) is 4.79 Å². The molecule has 0 fully saturated rings. The number of hydrogen-bond acceptors (Lipinski definition) is 3. The third-order valence-electron chi connectivity index (χ3n) is 3.66. The third-order valence-corrected chi connectivity index (χ3v) is 3.66. The van der Waals surface area contributed by atoms with Crippen molar-refractivity contribution in [3.63, 3.8) is 0 Å². The van der Waals surface area contributed by atoms with Crippen molar-refractivity contribution in [3.8, 4) is 0 Å². The van der Waals surface area contributed by atoms with Gasteiger partial charge in [-0.1, -0.05) is 36.4 Å². The molecule has 3 nitrogen and oxygen atoms in total. The number of hydrogen-bond donors (Lipinski definition) is 0. The standard InChI is InChI=1S/C17H11NO2/c19-15-9-13(11-4-2-1-3-5-11)8-12-6-7-14-17(16(12)15)20-10-18-14/h1-7,9-10H,8H2. The van der Waals surface area contributed by atoms with Crippen LogP contribution in [0.25, 0.3) is 16.7 Å². The van der Waals surface area contributed by atoms with E-state index in [-0.39, 0.29) is 5.78 Å². The van der Waals surface area contributed by atoms with Gasteiger partial charge in [0, 0.05) is 0 Å². The largest absolute Gasteiger partial charge is 0.443 e. The summed E-state index contributed by atoms with van der Waals surface area (Å²) >= 11 is 0. The Morgan fingerprint density at radius 2 is 1.90 bits per heavy atom. The quantitative estimate of drug-likeness (QED) is 0.671. The first kappa shape index (κ1) is 11.2. The second kappa shape index (κ2) is 4.17. The van der Waals surface area contributed by atoms with E-state index in [1.807, 2.05) is 42.5 Å². The van der Waals surface area contributed by atoms with Crippen LogP contribution in [0.4, 0.5) is 0 Å². The fourth-order valence-corrected chi connectivity index (χ4v) is 2.71. The molecule has 0 bridgehead atoms. The van der Waals surface area contributed by atoms with E-state index in [4.69, 9.17) is 4.42 Å². The monoisotopic (exact) mass is 261 g/mol. The van der Waals surface area contributed by atoms with E-state index >= 15 is 0 Å². The van der Waals surface area contributed by atoms with Crippen molar-refractivity contribution in [1.82, 2.24) is 4.98 Å². The predicted octanol–water partition coefficient (Wildman–Crippen LogP) is 3.65. The van der Waals surface area contributed by atoms with E-state index in [2.05, 4.69) is 4.98 Å². The molecule has 1 aromatic heterocycles. The van der Waals surface area contributed by atoms with Crippen LogP contribution in [-0.4, -0.2) is 10.8 Å². The summed E-state index contributed by atoms with van der Waals surface area (Å²) in [5.41, 5.74) is 5.11. The summed E-state index contributed by atoms with van der Waals surface area (Å²) in [4.78, 5) is 16.5. The zero-order chi connectivity index (χ0) is 13.5. The lowest BCUT2D eigenvalue weighted by Gasteiger charge is -2.16. The molecule has 0 radical (unpaired) electrons. The van der Waals surface area contributed by atoms with E-state index in [0.29, 0.717) is 11.1 Å². The van der Waals surface area contributed by atoms with Gasteiger partial charge >= 0.3 is 0 Å². The first-order valence-electron chi connectivity index (χ1n) is 6.48. The topological polar surface area (TPSA) is 43.1 Å². The van der Waals surface area contributed by atoms with Crippen LogP contribution in [-0.2, 0) is 6.42 Å². The van der Waals surface area contributed by atoms with Crippen molar-refractivity contribution in [2.24, 2.45) is 0 Å². The molecule has 20 heavy (non-hydrogen) atoms. The number of rotatable bonds is 1. The highest BCUT2D eigenvalue weighted by Crippen LogP contribution is 2.31. The first-order chi connectivity index (χ1) is 9.83. The van der Waals surface area contributed by atoms with Crippen LogP contribution >= 0.6 is 0 Å². The number of allylic oxidation sites excluding steroid dienone is 2. The summed E-state index contributed by atoms with van der Waals surface area (Å²) in [5, 5.41) is 0. The molecule has 0 saturated heterocycles. The van der Waals surface area contributed by atoms with Crippen LogP contribution in [0.1, 0.15) is 21.5 Å². The highest BCUT2D eigenvalue weighted by molar-refractivity contribution is 6.17. The summed E-state index contributed by atoms with van der Waals surface area (Å²) in [7, 11) is 0. The number of oxazole rings is 1. The predicted molar refractivity (Wildman–Crippen MR) is 76.5 cm³/mol. The molecule has 0 saturated carbocycles. The summed E-state index contributed by atoms with van der Waals surface area (Å²) < 4.78 is 5.37. The molecule has 2 aromatic carbocycles. The molecule has 0 N–H and O–H groups in total. The van der Waals surface area contributed by atoms with Gasteiger partial charge in [-0.2, -0.15) is 0 Å². The second-order valence-corrected chi connectivity index (χ2v) is 4.88. The van der Waals surface area contributed by atoms with Crippen molar-refractivity contribution in [3.05, 3.63) is 71.6 Å². The van der Waals surface area contributed by atoms with Crippen molar-refractivity contribution in [1.29, 1.82) is 0 Å². The van der Waals surface area contributed by atoms with Gasteiger partial charge in [-0.3, -0.25) is 4.79 Å². The highest BCUT2D eigenvalue weighted by Gasteiger charge is 2.23. The minimum atomic E-state index is -0.00699. The normalized spacial score (nSPS) is 14.2. The minimum Gasteiger partial charge on any atom is -0.443 e. The molecular weight excluding hydrogens is 250 g/mol. The van der Waals surface area contributed by atoms with Crippen LogP contribution < -0.4 is 0 Å². The molecule has 3 aromatic rings. The first-order valence-corrected chi connectivity index (χ1v) is 6.48. The Kier molecular flexibility index (Phi) is 2.33. The zero-order valence-corrected chi connectivity index (χ0v) is 10.7. The molecule has 96 valence electrons. The Hall–Kier alpha value is -2.68. The fourth-order valence-electron chi connectivity index (χ4n) is 2.71. The molecule has 1 aliphatic rings. The lowest BCUT2D eigenvalue weighted by Crippen LogP contribution is -2.09. The fraction of sp³-hybridized carbons (Fsp3) is 0.0588. The van der Waals surface area contributed by atoms with Gasteiger partial charge in [0.15, 0.2) is 17.8 Å². The van der Waals surface area contributed by atoms with Crippen molar-refractivity contribution in [2.45, 2.75) is 6.42 Å². The van der Waals surface area contributed by atoms with Gasteiger partial charge in [0.05, 0.1) is 5.56 Å². The Bertz CT molecular complexity index is 844. The lowest BCUT2D eigenvalue weighted by atomic mass is 9.87. The van der Waals surface area contributed by atoms with Gasteiger partial charge in [0.25, 0.3) is 0 Å². The van der Waals surface area contributed by atoms with Crippen LogP contribution in [0.15, 0.2) is 59.4 Å². The van der Waals surface area contributed by atoms with Crippen LogP contribution in [0.3, 0.4) is 0 Å². The van der Waals surface area contributed by atoms with E-state index in [1.54, 1.807) is 6.08 Å². The summed E-state index contributed by atoms with van der Waals surface area (Å²) in [6.45, 7) is 0. The second-order valence-electron chi connectivity index (χ2n) is 4.88. The SMILES string of the molecule is O=C1C=C(c2ccccc2)Cc2ccc3ncoc3c21. The van der Waals surface area contributed by atoms with Gasteiger partial charge in [0.2, 0.25) is 0 Å². The molecule has 0 amide bonds. The summed E-state index contributed by atoms with van der Waals surface area (Å²) in [6.07, 6.45) is 3.83. The number of nitrogens with zero attached hydrogens (tertiary/aromatic N) is 1. The molecule has 3 heteroatoms. The average molecular weight is 261 g/mol. The number of aromatic nitrogens is 1. The van der Waals surface area contributed by atoms with Crippen LogP contribution in [0, 0.1) is 0 Å². The molecule has 0 unspecified atom stereocenters. The Morgan fingerprint density at radius 1 is 1.05 bits per heavy atom. The van der Waals surface area contributed by atoms with Gasteiger partial charge in [-0.15, -0.1) is 0 Å². The third kappa shape index (κ3) is 1.60. The molecule has 1 aliphatic carbocycles. The number of benzene rings is 2. The Balaban J connectivity index is 1.88. The number of carbonyl (C=O) groups is 1. The van der Waals surface area contributed by atoms with E-state index in [0.717, 1.165) is 28.6 Å². The van der Waals surface area contributed by atoms with E-state index < -0.39 is 0 Å². The van der Waals surface area contributed by atoms with Gasteiger partial charge in [-0.25, -0.2) is 4.98 Å². The average Bonchev–Trinajstić information content (AvgIpc) is 2.96. The van der Waals surface area contributed by atoms with Gasteiger partial charge in [0.1, 0.15) is 5.52 Å². The maximum absolute atomic E-state index is 12.4. The number of carbonyl (C=O) groups excluding carboxylic acids is 1. The van der Waals surface area contributed by atoms with Crippen LogP contribution in [0.2, 0.25) is 0 Å². The summed E-state index contributed by atoms with van der Waals surface area (Å²) in [6, 6.07) is 13.9. The highest BCUT2D eigenvalue weighted by atomic mass is 16.3. The number of ketones is 1. The molecule has 4 rings (SSSR count). The summed E-state index contributed by atoms with van der Waals surface area (Å²) in [5.74, 6) is -0.00699. The van der Waals surface area contributed by atoms with Crippen LogP contribution in [0.5, 0.6) is 0 Å². The van der Waals surface area contributed by atoms with E-state index in [1.165, 1.54) is 6.39 Å². The molecule has 0 atom stereocenters. The maximum atomic E-state index is 12.4. The van der Waals surface area contributed by atoms with Gasteiger partial charge < -0.3 is 4.42 Å². The Morgan fingerprint density at radius 3 is 2.75 bits per heavy atom. The molecule has 1 heterocycles. The smallest absolute Gasteiger partial charge is 0.190 e. The lowest BCUT2D eigenvalue weighted by molar-refractivity contribution is 0.104.